The molecule has 2 aromatic carbocycles. The summed E-state index contributed by atoms with van der Waals surface area (Å²) in [6.45, 7) is 2.48. The van der Waals surface area contributed by atoms with E-state index in [9.17, 15) is 28.3 Å². The van der Waals surface area contributed by atoms with Crippen LogP contribution in [-0.2, 0) is 55.9 Å². The van der Waals surface area contributed by atoms with Crippen LogP contribution in [0.3, 0.4) is 0 Å². The van der Waals surface area contributed by atoms with Gasteiger partial charge < -0.3 is 38.2 Å². The van der Waals surface area contributed by atoms with Crippen LogP contribution < -0.4 is 10.6 Å². The van der Waals surface area contributed by atoms with Crippen LogP contribution in [0.2, 0.25) is 0 Å². The van der Waals surface area contributed by atoms with E-state index in [1.54, 1.807) is 24.3 Å². The number of ether oxygens (including phenoxy) is 2. The van der Waals surface area contributed by atoms with E-state index in [4.69, 9.17) is 27.6 Å². The predicted octanol–water partition coefficient (Wildman–Crippen LogP) is 8.42. The maximum atomic E-state index is 12.9. The molecule has 0 saturated carbocycles. The minimum absolute atomic E-state index is 0.134. The Labute approximate surface area is 345 Å². The van der Waals surface area contributed by atoms with Gasteiger partial charge in [-0.3, -0.25) is 28.3 Å². The molecule has 0 aliphatic rings. The van der Waals surface area contributed by atoms with Crippen LogP contribution in [-0.4, -0.2) is 64.5 Å². The van der Waals surface area contributed by atoms with Gasteiger partial charge in [-0.25, -0.2) is 0 Å². The fourth-order valence-corrected chi connectivity index (χ4v) is 10.7. The number of carbonyl (C=O) groups excluding carboxylic acids is 4. The molecule has 2 rings (SSSR count). The topological polar surface area (TPSA) is 182 Å². The summed E-state index contributed by atoms with van der Waals surface area (Å²) in [4.78, 5) is 49.5. The van der Waals surface area contributed by atoms with Gasteiger partial charge in [0.2, 0.25) is 11.8 Å². The van der Waals surface area contributed by atoms with E-state index in [1.165, 1.54) is 42.3 Å². The maximum absolute atomic E-state index is 12.9. The van der Waals surface area contributed by atoms with Crippen LogP contribution in [0.4, 0.5) is 11.4 Å². The van der Waals surface area contributed by atoms with Crippen LogP contribution in [0.5, 0.6) is 0 Å². The third kappa shape index (κ3) is 14.4. The highest BCUT2D eigenvalue weighted by Crippen LogP contribution is 2.52. The Morgan fingerprint density at radius 3 is 1.20 bits per heavy atom. The lowest BCUT2D eigenvalue weighted by Crippen LogP contribution is -2.18. The van der Waals surface area contributed by atoms with Gasteiger partial charge in [0.05, 0.1) is 23.7 Å². The quantitative estimate of drug-likeness (QED) is 0.0594. The van der Waals surface area contributed by atoms with Gasteiger partial charge >= 0.3 is 27.1 Å². The molecule has 0 fully saturated rings. The largest absolute Gasteiger partial charge is 0.457 e. The summed E-state index contributed by atoms with van der Waals surface area (Å²) in [7, 11) is -2.11. The number of nitrogens with one attached hydrogen (secondary N) is 2. The molecule has 0 spiro atoms. The zero-order valence-corrected chi connectivity index (χ0v) is 38.4. The summed E-state index contributed by atoms with van der Waals surface area (Å²) in [6, 6.07) is 6.95. The molecule has 0 radical (unpaired) electrons. The van der Waals surface area contributed by atoms with E-state index in [2.05, 4.69) is 101 Å². The Balaban J connectivity index is 2.08. The van der Waals surface area contributed by atoms with Crippen molar-refractivity contribution >= 4 is 141 Å². The number of benzene rings is 2. The third-order valence-electron chi connectivity index (χ3n) is 6.98. The molecule has 2 aromatic rings. The molecule has 0 saturated heterocycles. The van der Waals surface area contributed by atoms with Gasteiger partial charge in [-0.15, -0.1) is 0 Å². The van der Waals surface area contributed by atoms with Crippen molar-refractivity contribution in [2.75, 3.05) is 51.4 Å². The standard InChI is InChI=1S/C30H38I4N2O12P2/c1-17(37)47-27(15-49(41,43-3)44-4)19-11-25(23(33)13-21(19)31)35-29(39)9-7-8-10-30(40)36-26-12-20(22(32)14-24(26)34)28(48-18(2)38)16-50(42,45-5)46-6/h11-14,27-28H,7-10,15-16H2,1-6H3,(H,35,39)(H,36,40). The number of carbonyl (C=O) groups is 4. The van der Waals surface area contributed by atoms with Crippen LogP contribution in [0.15, 0.2) is 24.3 Å². The monoisotopic (exact) mass is 1190 g/mol. The molecule has 0 aliphatic heterocycles. The second-order valence-corrected chi connectivity index (χ2v) is 19.8. The van der Waals surface area contributed by atoms with Crippen molar-refractivity contribution in [1.82, 2.24) is 0 Å². The summed E-state index contributed by atoms with van der Waals surface area (Å²) >= 11 is 8.32. The van der Waals surface area contributed by atoms with Gasteiger partial charge in [0.15, 0.2) is 0 Å². The maximum Gasteiger partial charge on any atom is 0.334 e. The van der Waals surface area contributed by atoms with E-state index in [-0.39, 0.29) is 37.0 Å². The first-order valence-corrected chi connectivity index (χ1v) is 22.5. The summed E-state index contributed by atoms with van der Waals surface area (Å²) in [6.07, 6.45) is -1.23. The van der Waals surface area contributed by atoms with E-state index in [0.29, 0.717) is 35.3 Å². The third-order valence-corrected chi connectivity index (χ3v) is 14.4. The average molecular weight is 1190 g/mol. The molecule has 0 bridgehead atoms. The first-order chi connectivity index (χ1) is 23.4. The summed E-state index contributed by atoms with van der Waals surface area (Å²) in [5, 5.41) is 5.75. The van der Waals surface area contributed by atoms with Gasteiger partial charge in [0, 0.05) is 80.5 Å². The Morgan fingerprint density at radius 2 is 0.920 bits per heavy atom. The zero-order chi connectivity index (χ0) is 37.8. The van der Waals surface area contributed by atoms with Crippen molar-refractivity contribution in [3.8, 4) is 0 Å². The molecule has 2 N–H and O–H groups in total. The lowest BCUT2D eigenvalue weighted by atomic mass is 10.1. The number of unbranched alkanes of at least 4 members (excludes halogenated alkanes) is 1. The number of halogens is 4. The highest BCUT2D eigenvalue weighted by molar-refractivity contribution is 14.1. The molecule has 0 aromatic heterocycles. The van der Waals surface area contributed by atoms with Crippen molar-refractivity contribution in [3.63, 3.8) is 0 Å². The van der Waals surface area contributed by atoms with Crippen molar-refractivity contribution in [2.24, 2.45) is 0 Å². The lowest BCUT2D eigenvalue weighted by Gasteiger charge is -2.23. The van der Waals surface area contributed by atoms with Crippen molar-refractivity contribution in [1.29, 1.82) is 0 Å². The average Bonchev–Trinajstić information content (AvgIpc) is 3.04. The molecule has 20 heteroatoms. The highest BCUT2D eigenvalue weighted by atomic mass is 127. The zero-order valence-electron chi connectivity index (χ0n) is 28.0. The van der Waals surface area contributed by atoms with Crippen molar-refractivity contribution < 1.29 is 55.9 Å². The van der Waals surface area contributed by atoms with Crippen molar-refractivity contribution in [3.05, 3.63) is 49.7 Å². The van der Waals surface area contributed by atoms with Crippen LogP contribution in [0.1, 0.15) is 62.9 Å². The molecule has 50 heavy (non-hydrogen) atoms. The number of amides is 2. The smallest absolute Gasteiger partial charge is 0.334 e. The van der Waals surface area contributed by atoms with Crippen LogP contribution in [0, 0.1) is 14.3 Å². The molecular formula is C30H38I4N2O12P2. The van der Waals surface area contributed by atoms with E-state index in [1.807, 2.05) is 0 Å². The van der Waals surface area contributed by atoms with Gasteiger partial charge in [-0.1, -0.05) is 0 Å². The van der Waals surface area contributed by atoms with Gasteiger partial charge in [0.25, 0.3) is 0 Å². The summed E-state index contributed by atoms with van der Waals surface area (Å²) < 4.78 is 59.8. The number of esters is 2. The highest BCUT2D eigenvalue weighted by Gasteiger charge is 2.33. The molecule has 2 amide bonds. The molecule has 14 nitrogen and oxygen atoms in total. The first-order valence-electron chi connectivity index (χ1n) is 14.7. The Morgan fingerprint density at radius 1 is 0.600 bits per heavy atom. The predicted molar refractivity (Wildman–Crippen MR) is 221 cm³/mol. The Bertz CT molecular complexity index is 1530. The molecule has 2 atom stereocenters. The lowest BCUT2D eigenvalue weighted by molar-refractivity contribution is -0.146. The fraction of sp³-hybridized carbons (Fsp3) is 0.467. The molecule has 0 aliphatic carbocycles. The number of hydrogen-bond acceptors (Lipinski definition) is 12. The second kappa shape index (κ2) is 21.4. The fourth-order valence-electron chi connectivity index (χ4n) is 4.47. The number of anilines is 2. The SMILES string of the molecule is COP(=O)(CC(OC(C)=O)c1cc(NC(=O)CCCCC(=O)Nc2cc(C(CP(=O)(OC)OC)OC(C)=O)c(I)cc2I)c(I)cc1I)OC. The minimum atomic E-state index is -3.55. The summed E-state index contributed by atoms with van der Waals surface area (Å²) in [5.41, 5.74) is 2.02. The molecule has 0 heterocycles. The molecular weight excluding hydrogens is 1150 g/mol. The second-order valence-electron chi connectivity index (χ2n) is 10.5. The van der Waals surface area contributed by atoms with Gasteiger partial charge in [0.1, 0.15) is 12.2 Å². The van der Waals surface area contributed by atoms with Crippen LogP contribution in [0.25, 0.3) is 0 Å². The van der Waals surface area contributed by atoms with Gasteiger partial charge in [-0.05, 0) is 127 Å². The van der Waals surface area contributed by atoms with E-state index < -0.39 is 39.3 Å². The van der Waals surface area contributed by atoms with E-state index in [0.717, 1.165) is 14.3 Å². The van der Waals surface area contributed by atoms with Crippen LogP contribution >= 0.6 is 106 Å². The molecule has 278 valence electrons. The van der Waals surface area contributed by atoms with Gasteiger partial charge in [-0.2, -0.15) is 0 Å². The minimum Gasteiger partial charge on any atom is -0.457 e. The Hall–Kier alpha value is -0.460. The Kier molecular flexibility index (Phi) is 19.6. The van der Waals surface area contributed by atoms with Crippen molar-refractivity contribution in [2.45, 2.75) is 51.7 Å². The first kappa shape index (κ1) is 45.7. The normalized spacial score (nSPS) is 12.9. The number of hydrogen-bond donors (Lipinski definition) is 2. The molecule has 2 unspecified atom stereocenters. The van der Waals surface area contributed by atoms with E-state index >= 15 is 0 Å². The number of rotatable bonds is 19. The summed E-state index contributed by atoms with van der Waals surface area (Å²) in [5.74, 6) is -1.73.